The maximum absolute atomic E-state index is 5.46. The van der Waals surface area contributed by atoms with E-state index < -0.39 is 0 Å². The predicted molar refractivity (Wildman–Crippen MR) is 225 cm³/mol. The lowest BCUT2D eigenvalue weighted by Gasteiger charge is -2.13. The fraction of sp³-hybridized carbons (Fsp3) is 0. The summed E-state index contributed by atoms with van der Waals surface area (Å²) in [5.41, 5.74) is 12.6. The first kappa shape index (κ1) is 29.3. The van der Waals surface area contributed by atoms with E-state index in [1.807, 2.05) is 6.07 Å². The van der Waals surface area contributed by atoms with Crippen LogP contribution in [0.1, 0.15) is 0 Å². The van der Waals surface area contributed by atoms with E-state index >= 15 is 0 Å². The van der Waals surface area contributed by atoms with Crippen molar-refractivity contribution in [1.82, 2.24) is 18.9 Å². The van der Waals surface area contributed by atoms with Crippen LogP contribution in [0.2, 0.25) is 0 Å². The zero-order valence-electron chi connectivity index (χ0n) is 29.1. The Morgan fingerprint density at radius 2 is 0.889 bits per heavy atom. The molecule has 8 aromatic carbocycles. The van der Waals surface area contributed by atoms with Crippen molar-refractivity contribution in [2.75, 3.05) is 0 Å². The Morgan fingerprint density at radius 1 is 0.333 bits per heavy atom. The van der Waals surface area contributed by atoms with Gasteiger partial charge < -0.3 is 4.40 Å². The molecule has 0 bridgehead atoms. The van der Waals surface area contributed by atoms with Gasteiger partial charge in [-0.15, -0.1) is 0 Å². The van der Waals surface area contributed by atoms with Crippen LogP contribution in [0.3, 0.4) is 0 Å². The molecule has 250 valence electrons. The summed E-state index contributed by atoms with van der Waals surface area (Å²) >= 11 is 0. The van der Waals surface area contributed by atoms with Crippen molar-refractivity contribution < 1.29 is 0 Å². The Bertz CT molecular complexity index is 3410. The molecular formula is C50H30N4. The van der Waals surface area contributed by atoms with E-state index in [0.717, 1.165) is 33.3 Å². The molecule has 0 N–H and O–H groups in total. The average Bonchev–Trinajstić information content (AvgIpc) is 3.88. The maximum atomic E-state index is 5.46. The second kappa shape index (κ2) is 11.1. The Morgan fingerprint density at radius 3 is 1.65 bits per heavy atom. The van der Waals surface area contributed by atoms with Crippen molar-refractivity contribution in [2.45, 2.75) is 0 Å². The number of fused-ring (bicyclic) bond motifs is 11. The second-order valence-corrected chi connectivity index (χ2v) is 14.2. The van der Waals surface area contributed by atoms with Gasteiger partial charge in [-0.3, -0.25) is 4.57 Å². The largest absolute Gasteiger partial charge is 0.308 e. The molecule has 12 rings (SSSR count). The van der Waals surface area contributed by atoms with Crippen LogP contribution < -0.4 is 0 Å². The number of hydrogen-bond acceptors (Lipinski definition) is 2. The van der Waals surface area contributed by atoms with Crippen LogP contribution in [0.5, 0.6) is 0 Å². The van der Waals surface area contributed by atoms with Gasteiger partial charge in [-0.05, 0) is 64.7 Å². The van der Waals surface area contributed by atoms with Crippen molar-refractivity contribution in [1.29, 1.82) is 0 Å². The van der Waals surface area contributed by atoms with Crippen molar-refractivity contribution in [2.24, 2.45) is 0 Å². The van der Waals surface area contributed by atoms with Crippen LogP contribution in [0, 0.1) is 0 Å². The minimum atomic E-state index is 0.703. The second-order valence-electron chi connectivity index (χ2n) is 14.2. The topological polar surface area (TPSA) is 35.1 Å². The minimum absolute atomic E-state index is 0.703. The van der Waals surface area contributed by atoms with E-state index in [1.54, 1.807) is 0 Å². The highest BCUT2D eigenvalue weighted by Crippen LogP contribution is 2.47. The number of para-hydroxylation sites is 3. The molecule has 12 aromatic rings. The number of aromatic nitrogens is 4. The molecular weight excluding hydrogens is 657 g/mol. The molecule has 4 heteroatoms. The predicted octanol–water partition coefficient (Wildman–Crippen LogP) is 12.9. The quantitative estimate of drug-likeness (QED) is 0.185. The highest BCUT2D eigenvalue weighted by molar-refractivity contribution is 6.36. The molecule has 0 unspecified atom stereocenters. The summed E-state index contributed by atoms with van der Waals surface area (Å²) in [4.78, 5) is 10.6. The first-order chi connectivity index (χ1) is 26.8. The number of rotatable bonds is 4. The monoisotopic (exact) mass is 686 g/mol. The highest BCUT2D eigenvalue weighted by Gasteiger charge is 2.25. The normalized spacial score (nSPS) is 12.1. The van der Waals surface area contributed by atoms with E-state index in [9.17, 15) is 0 Å². The van der Waals surface area contributed by atoms with E-state index in [2.05, 4.69) is 185 Å². The van der Waals surface area contributed by atoms with Crippen molar-refractivity contribution in [3.8, 4) is 39.5 Å². The minimum Gasteiger partial charge on any atom is -0.308 e. The van der Waals surface area contributed by atoms with Gasteiger partial charge in [0.1, 0.15) is 5.82 Å². The standard InChI is InChI=1S/C50H30N4/c1-3-13-31(14-4-1)33-23-25-34(26-24-33)49-51-41-20-10-7-17-36(41)50(52-49)54-43-22-12-8-18-37(43)46-45(54)30-40-39-29-35(32-15-5-2-6-16-32)27-28-44(39)53-42-21-11-9-19-38(42)47(46)48(40)53/h1-30H. The first-order valence-electron chi connectivity index (χ1n) is 18.4. The van der Waals surface area contributed by atoms with E-state index in [1.165, 1.54) is 71.1 Å². The molecule has 0 aliphatic rings. The lowest BCUT2D eigenvalue weighted by atomic mass is 10.00. The Hall–Kier alpha value is -7.30. The van der Waals surface area contributed by atoms with Crippen LogP contribution in [-0.4, -0.2) is 18.9 Å². The first-order valence-corrected chi connectivity index (χ1v) is 18.4. The van der Waals surface area contributed by atoms with Crippen molar-refractivity contribution >= 4 is 70.8 Å². The van der Waals surface area contributed by atoms with Gasteiger partial charge in [-0.2, -0.15) is 0 Å². The van der Waals surface area contributed by atoms with Gasteiger partial charge >= 0.3 is 0 Å². The molecule has 4 heterocycles. The van der Waals surface area contributed by atoms with Gasteiger partial charge in [0.15, 0.2) is 5.82 Å². The summed E-state index contributed by atoms with van der Waals surface area (Å²) in [6.07, 6.45) is 0. The molecule has 0 saturated heterocycles. The number of nitrogens with zero attached hydrogens (tertiary/aromatic N) is 4. The Labute approximate surface area is 310 Å². The molecule has 4 aromatic heterocycles. The third kappa shape index (κ3) is 4.08. The van der Waals surface area contributed by atoms with E-state index in [-0.39, 0.29) is 0 Å². The molecule has 0 fully saturated rings. The van der Waals surface area contributed by atoms with Gasteiger partial charge in [0.05, 0.1) is 33.1 Å². The van der Waals surface area contributed by atoms with Gasteiger partial charge in [-0.25, -0.2) is 9.97 Å². The molecule has 0 aliphatic carbocycles. The third-order valence-electron chi connectivity index (χ3n) is 11.3. The van der Waals surface area contributed by atoms with Crippen molar-refractivity contribution in [3.05, 3.63) is 182 Å². The average molecular weight is 687 g/mol. The lowest BCUT2D eigenvalue weighted by Crippen LogP contribution is -2.02. The summed E-state index contributed by atoms with van der Waals surface area (Å²) in [6.45, 7) is 0. The molecule has 0 amide bonds. The van der Waals surface area contributed by atoms with Crippen LogP contribution in [0.25, 0.3) is 110 Å². The summed E-state index contributed by atoms with van der Waals surface area (Å²) < 4.78 is 4.87. The lowest BCUT2D eigenvalue weighted by molar-refractivity contribution is 1.08. The molecule has 0 atom stereocenters. The Kier molecular flexibility index (Phi) is 6.02. The Balaban J connectivity index is 1.20. The zero-order chi connectivity index (χ0) is 35.3. The van der Waals surface area contributed by atoms with Crippen molar-refractivity contribution in [3.63, 3.8) is 0 Å². The molecule has 0 saturated carbocycles. The van der Waals surface area contributed by atoms with Gasteiger partial charge in [0.25, 0.3) is 0 Å². The highest BCUT2D eigenvalue weighted by atomic mass is 15.1. The summed E-state index contributed by atoms with van der Waals surface area (Å²) in [6, 6.07) is 65.2. The molecule has 54 heavy (non-hydrogen) atoms. The van der Waals surface area contributed by atoms with Gasteiger partial charge in [-0.1, -0.05) is 140 Å². The molecule has 4 nitrogen and oxygen atoms in total. The van der Waals surface area contributed by atoms with E-state index in [0.29, 0.717) is 5.82 Å². The number of benzene rings is 8. The van der Waals surface area contributed by atoms with Crippen LogP contribution >= 0.6 is 0 Å². The molecule has 0 spiro atoms. The molecule has 0 radical (unpaired) electrons. The SMILES string of the molecule is c1ccc(-c2ccc(-c3nc(-n4c5ccccc5c5c6c7ccccc7n7c8ccc(-c9ccccc9)cc8c(cc54)c67)c4ccccc4n3)cc2)cc1. The van der Waals surface area contributed by atoms with Gasteiger partial charge in [0.2, 0.25) is 0 Å². The summed E-state index contributed by atoms with van der Waals surface area (Å²) in [5.74, 6) is 1.58. The maximum Gasteiger partial charge on any atom is 0.162 e. The third-order valence-corrected chi connectivity index (χ3v) is 11.3. The van der Waals surface area contributed by atoms with Crippen LogP contribution in [0.15, 0.2) is 182 Å². The zero-order valence-corrected chi connectivity index (χ0v) is 29.1. The van der Waals surface area contributed by atoms with Crippen LogP contribution in [0.4, 0.5) is 0 Å². The fourth-order valence-electron chi connectivity index (χ4n) is 8.85. The fourth-order valence-corrected chi connectivity index (χ4v) is 8.85. The van der Waals surface area contributed by atoms with E-state index in [4.69, 9.17) is 9.97 Å². The smallest absolute Gasteiger partial charge is 0.162 e. The van der Waals surface area contributed by atoms with Crippen LogP contribution in [-0.2, 0) is 0 Å². The number of hydrogen-bond donors (Lipinski definition) is 0. The summed E-state index contributed by atoms with van der Waals surface area (Å²) in [5, 5.41) is 8.47. The summed E-state index contributed by atoms with van der Waals surface area (Å²) in [7, 11) is 0. The van der Waals surface area contributed by atoms with Gasteiger partial charge in [0, 0.05) is 43.3 Å². The molecule has 0 aliphatic heterocycles.